The first-order valence-corrected chi connectivity index (χ1v) is 12.8. The van der Waals surface area contributed by atoms with E-state index in [1.54, 1.807) is 30.4 Å². The van der Waals surface area contributed by atoms with Gasteiger partial charge < -0.3 is 19.3 Å². The van der Waals surface area contributed by atoms with Crippen molar-refractivity contribution in [3.8, 4) is 11.5 Å². The molecule has 0 bridgehead atoms. The summed E-state index contributed by atoms with van der Waals surface area (Å²) in [4.78, 5) is 21.5. The first-order valence-electron chi connectivity index (χ1n) is 10.1. The fraction of sp³-hybridized carbons (Fsp3) is 0.273. The maximum absolute atomic E-state index is 12.6. The normalized spacial score (nSPS) is 16.3. The maximum atomic E-state index is 12.6. The van der Waals surface area contributed by atoms with Gasteiger partial charge in [0.2, 0.25) is 12.7 Å². The summed E-state index contributed by atoms with van der Waals surface area (Å²) in [5, 5.41) is 0.841. The Morgan fingerprint density at radius 2 is 1.84 bits per heavy atom. The number of piperazine rings is 1. The first-order chi connectivity index (χ1) is 15.4. The smallest absolute Gasteiger partial charge is 0.246 e. The molecule has 0 aliphatic carbocycles. The standard InChI is InChI=1S/C22H21N3O5S2/c1-32(27,28)16-4-5-17-20(13-16)31-22(23-17)25-10-8-24(9-11-25)21(26)7-3-15-2-6-18-19(12-15)30-14-29-18/h2-7,12-13H,8-11,14H2,1H3. The van der Waals surface area contributed by atoms with Crippen LogP contribution >= 0.6 is 11.3 Å². The zero-order valence-corrected chi connectivity index (χ0v) is 19.0. The summed E-state index contributed by atoms with van der Waals surface area (Å²) in [6.45, 7) is 2.74. The molecule has 0 unspecified atom stereocenters. The van der Waals surface area contributed by atoms with Gasteiger partial charge in [0, 0.05) is 38.5 Å². The van der Waals surface area contributed by atoms with Gasteiger partial charge in [-0.3, -0.25) is 4.79 Å². The molecule has 1 saturated heterocycles. The Morgan fingerprint density at radius 1 is 1.06 bits per heavy atom. The molecule has 5 rings (SSSR count). The first kappa shape index (κ1) is 20.8. The lowest BCUT2D eigenvalue weighted by atomic mass is 10.2. The van der Waals surface area contributed by atoms with Crippen molar-refractivity contribution in [1.29, 1.82) is 0 Å². The highest BCUT2D eigenvalue weighted by Crippen LogP contribution is 2.33. The summed E-state index contributed by atoms with van der Waals surface area (Å²) in [5.74, 6) is 1.36. The van der Waals surface area contributed by atoms with Crippen molar-refractivity contribution in [2.24, 2.45) is 0 Å². The van der Waals surface area contributed by atoms with Crippen LogP contribution in [0.3, 0.4) is 0 Å². The quantitative estimate of drug-likeness (QED) is 0.541. The molecule has 8 nitrogen and oxygen atoms in total. The molecule has 0 N–H and O–H groups in total. The molecular weight excluding hydrogens is 450 g/mol. The average Bonchev–Trinajstić information content (AvgIpc) is 3.42. The van der Waals surface area contributed by atoms with Crippen molar-refractivity contribution in [3.05, 3.63) is 48.0 Å². The highest BCUT2D eigenvalue weighted by Gasteiger charge is 2.22. The van der Waals surface area contributed by atoms with E-state index in [0.29, 0.717) is 42.6 Å². The number of thiazole rings is 1. The molecule has 1 aromatic heterocycles. The van der Waals surface area contributed by atoms with Crippen molar-refractivity contribution < 1.29 is 22.7 Å². The van der Waals surface area contributed by atoms with Crippen LogP contribution in [0.4, 0.5) is 5.13 Å². The monoisotopic (exact) mass is 471 g/mol. The molecule has 0 atom stereocenters. The lowest BCUT2D eigenvalue weighted by molar-refractivity contribution is -0.126. The number of carbonyl (C=O) groups excluding carboxylic acids is 1. The van der Waals surface area contributed by atoms with E-state index in [9.17, 15) is 13.2 Å². The van der Waals surface area contributed by atoms with Gasteiger partial charge in [-0.15, -0.1) is 0 Å². The fourth-order valence-electron chi connectivity index (χ4n) is 3.67. The van der Waals surface area contributed by atoms with Crippen LogP contribution in [0.15, 0.2) is 47.4 Å². The van der Waals surface area contributed by atoms with Crippen molar-refractivity contribution >= 4 is 48.5 Å². The van der Waals surface area contributed by atoms with Gasteiger partial charge in [-0.1, -0.05) is 17.4 Å². The molecule has 10 heteroatoms. The van der Waals surface area contributed by atoms with Gasteiger partial charge in [-0.2, -0.15) is 0 Å². The van der Waals surface area contributed by atoms with Gasteiger partial charge in [-0.25, -0.2) is 13.4 Å². The summed E-state index contributed by atoms with van der Waals surface area (Å²) in [5.41, 5.74) is 1.66. The van der Waals surface area contributed by atoms with E-state index in [-0.39, 0.29) is 12.7 Å². The minimum absolute atomic E-state index is 0.0376. The number of aromatic nitrogens is 1. The third-order valence-electron chi connectivity index (χ3n) is 5.45. The summed E-state index contributed by atoms with van der Waals surface area (Å²) in [6, 6.07) is 10.6. The molecule has 3 aromatic rings. The fourth-order valence-corrected chi connectivity index (χ4v) is 5.44. The predicted octanol–water partition coefficient (Wildman–Crippen LogP) is 2.79. The molecule has 2 aliphatic heterocycles. The molecule has 1 fully saturated rings. The van der Waals surface area contributed by atoms with Gasteiger partial charge in [-0.05, 0) is 42.0 Å². The van der Waals surface area contributed by atoms with Crippen LogP contribution in [0.1, 0.15) is 5.56 Å². The second-order valence-electron chi connectivity index (χ2n) is 7.66. The molecule has 2 aliphatic rings. The van der Waals surface area contributed by atoms with Gasteiger partial charge in [0.05, 0.1) is 15.1 Å². The molecule has 2 aromatic carbocycles. The van der Waals surface area contributed by atoms with E-state index >= 15 is 0 Å². The number of hydrogen-bond acceptors (Lipinski definition) is 8. The van der Waals surface area contributed by atoms with E-state index in [4.69, 9.17) is 9.47 Å². The van der Waals surface area contributed by atoms with Gasteiger partial charge in [0.1, 0.15) is 0 Å². The number of ether oxygens (including phenoxy) is 2. The summed E-state index contributed by atoms with van der Waals surface area (Å²) in [6.07, 6.45) is 4.56. The Morgan fingerprint density at radius 3 is 2.62 bits per heavy atom. The number of sulfone groups is 1. The minimum atomic E-state index is -3.25. The highest BCUT2D eigenvalue weighted by molar-refractivity contribution is 7.90. The van der Waals surface area contributed by atoms with Crippen LogP contribution in [0.2, 0.25) is 0 Å². The van der Waals surface area contributed by atoms with Crippen LogP contribution < -0.4 is 14.4 Å². The van der Waals surface area contributed by atoms with Crippen molar-refractivity contribution in [1.82, 2.24) is 9.88 Å². The van der Waals surface area contributed by atoms with Crippen molar-refractivity contribution in [2.75, 3.05) is 44.1 Å². The molecular formula is C22H21N3O5S2. The number of fused-ring (bicyclic) bond motifs is 2. The van der Waals surface area contributed by atoms with Crippen LogP contribution in [0.25, 0.3) is 16.3 Å². The van der Waals surface area contributed by atoms with E-state index in [0.717, 1.165) is 20.9 Å². The topological polar surface area (TPSA) is 89.0 Å². The number of benzene rings is 2. The number of nitrogens with zero attached hydrogens (tertiary/aromatic N) is 3. The Kier molecular flexibility index (Phi) is 5.26. The third kappa shape index (κ3) is 4.15. The number of rotatable bonds is 4. The Labute approximate surface area is 189 Å². The number of hydrogen-bond donors (Lipinski definition) is 0. The SMILES string of the molecule is CS(=O)(=O)c1ccc2nc(N3CCN(C(=O)C=Cc4ccc5c(c4)OCO5)CC3)sc2c1. The third-order valence-corrected chi connectivity index (χ3v) is 7.64. The zero-order valence-electron chi connectivity index (χ0n) is 17.4. The molecule has 0 saturated carbocycles. The second-order valence-corrected chi connectivity index (χ2v) is 10.7. The predicted molar refractivity (Wildman–Crippen MR) is 123 cm³/mol. The molecule has 0 radical (unpaired) electrons. The number of anilines is 1. The summed E-state index contributed by atoms with van der Waals surface area (Å²) in [7, 11) is -3.25. The maximum Gasteiger partial charge on any atom is 0.246 e. The van der Waals surface area contributed by atoms with Gasteiger partial charge in [0.15, 0.2) is 26.5 Å². The van der Waals surface area contributed by atoms with Crippen LogP contribution in [0.5, 0.6) is 11.5 Å². The average molecular weight is 472 g/mol. The van der Waals surface area contributed by atoms with E-state index in [1.165, 1.54) is 17.6 Å². The van der Waals surface area contributed by atoms with Crippen LogP contribution in [-0.2, 0) is 14.6 Å². The largest absolute Gasteiger partial charge is 0.454 e. The van der Waals surface area contributed by atoms with E-state index in [1.807, 2.05) is 23.1 Å². The molecule has 1 amide bonds. The van der Waals surface area contributed by atoms with Gasteiger partial charge in [0.25, 0.3) is 0 Å². The molecule has 166 valence electrons. The Bertz CT molecular complexity index is 1320. The lowest BCUT2D eigenvalue weighted by Gasteiger charge is -2.34. The molecule has 0 spiro atoms. The highest BCUT2D eigenvalue weighted by atomic mass is 32.2. The van der Waals surface area contributed by atoms with Crippen molar-refractivity contribution in [3.63, 3.8) is 0 Å². The zero-order chi connectivity index (χ0) is 22.3. The van der Waals surface area contributed by atoms with E-state index in [2.05, 4.69) is 9.88 Å². The molecule has 32 heavy (non-hydrogen) atoms. The Hall–Kier alpha value is -3.11. The summed E-state index contributed by atoms with van der Waals surface area (Å²) < 4.78 is 35.1. The van der Waals surface area contributed by atoms with Crippen molar-refractivity contribution in [2.45, 2.75) is 4.90 Å². The second kappa shape index (κ2) is 8.10. The van der Waals surface area contributed by atoms with E-state index < -0.39 is 9.84 Å². The minimum Gasteiger partial charge on any atom is -0.454 e. The van der Waals surface area contributed by atoms with Gasteiger partial charge >= 0.3 is 0 Å². The van der Waals surface area contributed by atoms with Crippen LogP contribution in [0, 0.1) is 0 Å². The summed E-state index contributed by atoms with van der Waals surface area (Å²) >= 11 is 1.47. The molecule has 3 heterocycles. The number of carbonyl (C=O) groups is 1. The van der Waals surface area contributed by atoms with Crippen LogP contribution in [-0.4, -0.2) is 63.4 Å². The number of amides is 1. The Balaban J connectivity index is 1.22. The lowest BCUT2D eigenvalue weighted by Crippen LogP contribution is -2.48.